The number of benzene rings is 1. The monoisotopic (exact) mass is 481 g/mol. The van der Waals surface area contributed by atoms with Crippen molar-refractivity contribution in [1.82, 2.24) is 14.9 Å². The molecule has 0 spiro atoms. The maximum atomic E-state index is 12.8. The van der Waals surface area contributed by atoms with Crippen molar-refractivity contribution in [2.24, 2.45) is 5.10 Å². The van der Waals surface area contributed by atoms with Gasteiger partial charge in [-0.1, -0.05) is 32.0 Å². The van der Waals surface area contributed by atoms with Crippen molar-refractivity contribution < 1.29 is 14.3 Å². The highest BCUT2D eigenvalue weighted by atomic mass is 16.5. The van der Waals surface area contributed by atoms with E-state index in [1.54, 1.807) is 11.9 Å². The van der Waals surface area contributed by atoms with Gasteiger partial charge < -0.3 is 19.3 Å². The summed E-state index contributed by atoms with van der Waals surface area (Å²) in [6, 6.07) is 9.77. The number of hydrazone groups is 1. The minimum atomic E-state index is -0.159. The first-order chi connectivity index (χ1) is 17.1. The summed E-state index contributed by atoms with van der Waals surface area (Å²) in [6.45, 7) is 10.6. The summed E-state index contributed by atoms with van der Waals surface area (Å²) in [5.74, 6) is 1.11. The lowest BCUT2D eigenvalue weighted by Gasteiger charge is -2.26. The smallest absolute Gasteiger partial charge is 0.320 e. The van der Waals surface area contributed by atoms with E-state index < -0.39 is 0 Å². The predicted octanol–water partition coefficient (Wildman–Crippen LogP) is 2.61. The summed E-state index contributed by atoms with van der Waals surface area (Å²) in [4.78, 5) is 28.1. The minimum absolute atomic E-state index is 0.159. The van der Waals surface area contributed by atoms with E-state index in [0.29, 0.717) is 24.1 Å². The highest BCUT2D eigenvalue weighted by Gasteiger charge is 2.31. The number of carbonyl (C=O) groups excluding carboxylic acids is 1. The molecule has 2 aliphatic rings. The van der Waals surface area contributed by atoms with E-state index in [1.165, 1.54) is 0 Å². The molecule has 1 aromatic heterocycles. The maximum absolute atomic E-state index is 12.8. The molecule has 0 unspecified atom stereocenters. The van der Waals surface area contributed by atoms with Gasteiger partial charge in [0.1, 0.15) is 12.4 Å². The van der Waals surface area contributed by atoms with E-state index >= 15 is 0 Å². The summed E-state index contributed by atoms with van der Waals surface area (Å²) in [5, 5.41) is 4.44. The van der Waals surface area contributed by atoms with Crippen LogP contribution in [-0.4, -0.2) is 86.1 Å². The number of nitrogens with zero attached hydrogens (tertiary/aromatic N) is 6. The third-order valence-corrected chi connectivity index (χ3v) is 6.06. The third-order valence-electron chi connectivity index (χ3n) is 6.06. The van der Waals surface area contributed by atoms with Crippen LogP contribution < -0.4 is 20.0 Å². The van der Waals surface area contributed by atoms with E-state index in [-0.39, 0.29) is 5.91 Å². The molecular weight excluding hydrogens is 446 g/mol. The molecule has 1 saturated heterocycles. The number of rotatable bonds is 11. The molecule has 1 aromatic carbocycles. The number of para-hydroxylation sites is 1. The minimum Gasteiger partial charge on any atom is -0.462 e. The van der Waals surface area contributed by atoms with Gasteiger partial charge in [0, 0.05) is 51.4 Å². The van der Waals surface area contributed by atoms with Crippen molar-refractivity contribution in [3.63, 3.8) is 0 Å². The van der Waals surface area contributed by atoms with Crippen LogP contribution in [0.3, 0.4) is 0 Å². The molecule has 0 atom stereocenters. The van der Waals surface area contributed by atoms with Crippen LogP contribution in [0.1, 0.15) is 32.3 Å². The van der Waals surface area contributed by atoms with Crippen molar-refractivity contribution in [3.8, 4) is 6.01 Å². The summed E-state index contributed by atoms with van der Waals surface area (Å²) in [7, 11) is 1.75. The van der Waals surface area contributed by atoms with E-state index in [1.807, 2.05) is 30.3 Å². The van der Waals surface area contributed by atoms with Gasteiger partial charge in [-0.25, -0.2) is 0 Å². The van der Waals surface area contributed by atoms with Gasteiger partial charge in [-0.05, 0) is 18.9 Å². The van der Waals surface area contributed by atoms with Crippen LogP contribution >= 0.6 is 0 Å². The van der Waals surface area contributed by atoms with Crippen molar-refractivity contribution in [1.29, 1.82) is 0 Å². The van der Waals surface area contributed by atoms with Gasteiger partial charge in [-0.2, -0.15) is 15.1 Å². The zero-order chi connectivity index (χ0) is 24.6. The van der Waals surface area contributed by atoms with E-state index in [9.17, 15) is 4.79 Å². The van der Waals surface area contributed by atoms with Gasteiger partial charge in [0.2, 0.25) is 0 Å². The number of aromatic nitrogens is 2. The Bertz CT molecular complexity index is 1030. The normalized spacial score (nSPS) is 17.1. The van der Waals surface area contributed by atoms with Crippen LogP contribution in [-0.2, 0) is 9.53 Å². The van der Waals surface area contributed by atoms with Crippen molar-refractivity contribution in [3.05, 3.63) is 35.9 Å². The first kappa shape index (κ1) is 24.9. The number of hydrogen-bond acceptors (Lipinski definition) is 9. The molecule has 0 saturated carbocycles. The zero-order valence-corrected chi connectivity index (χ0v) is 20.9. The first-order valence-electron chi connectivity index (χ1n) is 12.4. The van der Waals surface area contributed by atoms with E-state index in [2.05, 4.69) is 44.1 Å². The van der Waals surface area contributed by atoms with Gasteiger partial charge >= 0.3 is 6.01 Å². The van der Waals surface area contributed by atoms with Crippen LogP contribution in [0.4, 0.5) is 17.3 Å². The average Bonchev–Trinajstić information content (AvgIpc) is 3.12. The van der Waals surface area contributed by atoms with Crippen LogP contribution in [0.2, 0.25) is 0 Å². The molecule has 1 N–H and O–H groups in total. The van der Waals surface area contributed by atoms with Crippen LogP contribution in [0, 0.1) is 0 Å². The largest absolute Gasteiger partial charge is 0.462 e. The lowest BCUT2D eigenvalue weighted by molar-refractivity contribution is -0.111. The molecule has 3 heterocycles. The molecule has 0 aliphatic carbocycles. The van der Waals surface area contributed by atoms with Crippen LogP contribution in [0.25, 0.3) is 0 Å². The summed E-state index contributed by atoms with van der Waals surface area (Å²) < 4.78 is 11.4. The summed E-state index contributed by atoms with van der Waals surface area (Å²) in [6.07, 6.45) is 2.00. The Hall–Kier alpha value is -3.24. The van der Waals surface area contributed by atoms with Gasteiger partial charge in [0.05, 0.1) is 18.9 Å². The number of fused-ring (bicyclic) bond motifs is 1. The van der Waals surface area contributed by atoms with Gasteiger partial charge in [-0.3, -0.25) is 15.1 Å². The second kappa shape index (κ2) is 11.9. The molecule has 10 nitrogen and oxygen atoms in total. The quantitative estimate of drug-likeness (QED) is 0.490. The number of carbonyl (C=O) groups is 1. The SMILES string of the molecule is CCCN(CCC)c1cc(N/N=C2/C(=O)N(C)c3ccccc32)nc(OCCN2CCOCC2)n1. The standard InChI is InChI=1S/C25H35N7O3/c1-4-10-32(11-5-2)22-18-21(26-25(27-22)35-17-14-31-12-15-34-16-13-31)28-29-23-19-8-6-7-9-20(19)30(3)24(23)33/h6-9,18H,4-5,10-17H2,1-3H3,(H,26,27,28)/b29-23+. The molecule has 4 rings (SSSR count). The molecule has 1 fully saturated rings. The number of amides is 1. The summed E-state index contributed by atoms with van der Waals surface area (Å²) >= 11 is 0. The van der Waals surface area contributed by atoms with Gasteiger partial charge in [-0.15, -0.1) is 0 Å². The van der Waals surface area contributed by atoms with Crippen molar-refractivity contribution in [2.45, 2.75) is 26.7 Å². The topological polar surface area (TPSA) is 95.4 Å². The highest BCUT2D eigenvalue weighted by Crippen LogP contribution is 2.28. The zero-order valence-electron chi connectivity index (χ0n) is 20.9. The Morgan fingerprint density at radius 1 is 1.14 bits per heavy atom. The molecule has 0 radical (unpaired) electrons. The van der Waals surface area contributed by atoms with Crippen molar-refractivity contribution in [2.75, 3.05) is 74.8 Å². The molecule has 0 bridgehead atoms. The van der Waals surface area contributed by atoms with Crippen molar-refractivity contribution >= 4 is 28.9 Å². The number of morpholine rings is 1. The number of hydrogen-bond donors (Lipinski definition) is 1. The highest BCUT2D eigenvalue weighted by molar-refractivity contribution is 6.54. The maximum Gasteiger partial charge on any atom is 0.320 e. The fourth-order valence-electron chi connectivity index (χ4n) is 4.24. The average molecular weight is 482 g/mol. The molecule has 10 heteroatoms. The number of nitrogens with one attached hydrogen (secondary N) is 1. The number of likely N-dealkylation sites (N-methyl/N-ethyl adjacent to an activating group) is 1. The van der Waals surface area contributed by atoms with Crippen LogP contribution in [0.15, 0.2) is 35.4 Å². The lowest BCUT2D eigenvalue weighted by Crippen LogP contribution is -2.38. The van der Waals surface area contributed by atoms with E-state index in [0.717, 1.165) is 75.8 Å². The lowest BCUT2D eigenvalue weighted by atomic mass is 10.1. The first-order valence-corrected chi connectivity index (χ1v) is 12.4. The Balaban J connectivity index is 1.55. The Morgan fingerprint density at radius 3 is 2.63 bits per heavy atom. The Kier molecular flexibility index (Phi) is 8.49. The number of ether oxygens (including phenoxy) is 2. The van der Waals surface area contributed by atoms with Crippen LogP contribution in [0.5, 0.6) is 6.01 Å². The number of anilines is 3. The van der Waals surface area contributed by atoms with Gasteiger partial charge in [0.25, 0.3) is 5.91 Å². The Morgan fingerprint density at radius 2 is 1.89 bits per heavy atom. The summed E-state index contributed by atoms with van der Waals surface area (Å²) in [5.41, 5.74) is 4.98. The fourth-order valence-corrected chi connectivity index (χ4v) is 4.24. The predicted molar refractivity (Wildman–Crippen MR) is 138 cm³/mol. The molecule has 2 aliphatic heterocycles. The van der Waals surface area contributed by atoms with Gasteiger partial charge in [0.15, 0.2) is 11.5 Å². The second-order valence-corrected chi connectivity index (χ2v) is 8.64. The third kappa shape index (κ3) is 6.07. The van der Waals surface area contributed by atoms with E-state index in [4.69, 9.17) is 9.47 Å². The molecule has 188 valence electrons. The fraction of sp³-hybridized carbons (Fsp3) is 0.520. The second-order valence-electron chi connectivity index (χ2n) is 8.64. The Labute approximate surface area is 206 Å². The molecule has 2 aromatic rings. The molecular formula is C25H35N7O3. The molecule has 1 amide bonds. The molecule has 35 heavy (non-hydrogen) atoms.